The molecule has 0 aliphatic carbocycles. The number of urea groups is 1. The van der Waals surface area contributed by atoms with Crippen LogP contribution in [0.5, 0.6) is 0 Å². The van der Waals surface area contributed by atoms with Gasteiger partial charge in [-0.15, -0.1) is 11.3 Å². The Kier molecular flexibility index (Phi) is 5.11. The third kappa shape index (κ3) is 4.29. The minimum atomic E-state index is -0.674. The summed E-state index contributed by atoms with van der Waals surface area (Å²) in [5.41, 5.74) is 0. The second-order valence-corrected chi connectivity index (χ2v) is 5.98. The fourth-order valence-electron chi connectivity index (χ4n) is 1.75. The molecule has 116 valence electrons. The van der Waals surface area contributed by atoms with Crippen molar-refractivity contribution in [2.45, 2.75) is 19.9 Å². The zero-order chi connectivity index (χ0) is 16.1. The largest absolute Gasteiger partial charge is 0.451 e. The van der Waals surface area contributed by atoms with Crippen LogP contribution in [0.1, 0.15) is 23.5 Å². The second-order valence-electron chi connectivity index (χ2n) is 4.90. The van der Waals surface area contributed by atoms with E-state index in [2.05, 4.69) is 10.6 Å². The van der Waals surface area contributed by atoms with E-state index >= 15 is 0 Å². The molecule has 3 amide bonds. The smallest absolute Gasteiger partial charge is 0.348 e. The Bertz CT molecular complexity index is 675. The zero-order valence-corrected chi connectivity index (χ0v) is 13.0. The van der Waals surface area contributed by atoms with Gasteiger partial charge in [-0.05, 0) is 31.4 Å². The number of benzene rings is 1. The van der Waals surface area contributed by atoms with Gasteiger partial charge in [0.15, 0.2) is 6.61 Å². The minimum Gasteiger partial charge on any atom is -0.451 e. The summed E-state index contributed by atoms with van der Waals surface area (Å²) < 4.78 is 5.87. The van der Waals surface area contributed by atoms with Gasteiger partial charge in [-0.25, -0.2) is 9.59 Å². The van der Waals surface area contributed by atoms with Gasteiger partial charge in [0.2, 0.25) is 0 Å². The number of thiophene rings is 1. The van der Waals surface area contributed by atoms with Gasteiger partial charge in [-0.1, -0.05) is 18.2 Å². The van der Waals surface area contributed by atoms with Crippen LogP contribution in [0, 0.1) is 0 Å². The molecular weight excluding hydrogens is 304 g/mol. The fourth-order valence-corrected chi connectivity index (χ4v) is 2.70. The third-order valence-electron chi connectivity index (χ3n) is 2.63. The molecule has 1 aromatic heterocycles. The van der Waals surface area contributed by atoms with Gasteiger partial charge >= 0.3 is 12.0 Å². The summed E-state index contributed by atoms with van der Waals surface area (Å²) in [5, 5.41) is 5.53. The maximum atomic E-state index is 11.9. The molecule has 0 spiro atoms. The highest BCUT2D eigenvalue weighted by atomic mass is 32.1. The Morgan fingerprint density at radius 3 is 2.64 bits per heavy atom. The van der Waals surface area contributed by atoms with Crippen molar-refractivity contribution in [3.05, 3.63) is 35.2 Å². The lowest BCUT2D eigenvalue weighted by Gasteiger charge is -2.09. The lowest BCUT2D eigenvalue weighted by molar-refractivity contribution is -0.123. The summed E-state index contributed by atoms with van der Waals surface area (Å²) in [6.07, 6.45) is 0. The predicted octanol–water partition coefficient (Wildman–Crippen LogP) is 2.29. The molecule has 22 heavy (non-hydrogen) atoms. The molecule has 0 atom stereocenters. The molecule has 0 saturated heterocycles. The summed E-state index contributed by atoms with van der Waals surface area (Å²) >= 11 is 1.29. The van der Waals surface area contributed by atoms with E-state index in [0.717, 1.165) is 10.1 Å². The van der Waals surface area contributed by atoms with Crippen molar-refractivity contribution in [1.29, 1.82) is 0 Å². The SMILES string of the molecule is CC(C)NC(=O)NC(=O)COC(=O)c1cc2ccccc2s1. The molecule has 0 saturated carbocycles. The number of hydrogen-bond acceptors (Lipinski definition) is 5. The summed E-state index contributed by atoms with van der Waals surface area (Å²) in [7, 11) is 0. The molecule has 0 aliphatic rings. The lowest BCUT2D eigenvalue weighted by Crippen LogP contribution is -2.44. The van der Waals surface area contributed by atoms with E-state index < -0.39 is 24.5 Å². The first-order chi connectivity index (χ1) is 10.5. The normalized spacial score (nSPS) is 10.5. The average molecular weight is 320 g/mol. The lowest BCUT2D eigenvalue weighted by atomic mass is 10.2. The number of esters is 1. The number of amides is 3. The number of carbonyl (C=O) groups is 3. The number of nitrogens with one attached hydrogen (secondary N) is 2. The van der Waals surface area contributed by atoms with Crippen LogP contribution < -0.4 is 10.6 Å². The highest BCUT2D eigenvalue weighted by Gasteiger charge is 2.15. The number of ether oxygens (including phenoxy) is 1. The van der Waals surface area contributed by atoms with Gasteiger partial charge < -0.3 is 10.1 Å². The van der Waals surface area contributed by atoms with Gasteiger partial charge in [0.25, 0.3) is 5.91 Å². The van der Waals surface area contributed by atoms with Crippen molar-refractivity contribution >= 4 is 39.3 Å². The van der Waals surface area contributed by atoms with E-state index in [0.29, 0.717) is 4.88 Å². The summed E-state index contributed by atoms with van der Waals surface area (Å²) in [6, 6.07) is 8.57. The molecule has 1 aromatic carbocycles. The molecule has 2 N–H and O–H groups in total. The second kappa shape index (κ2) is 7.04. The molecule has 6 nitrogen and oxygen atoms in total. The summed E-state index contributed by atoms with van der Waals surface area (Å²) in [5.74, 6) is -1.26. The molecular formula is C15H16N2O4S. The molecule has 2 aromatic rings. The zero-order valence-electron chi connectivity index (χ0n) is 12.2. The van der Waals surface area contributed by atoms with Crippen LogP contribution in [-0.4, -0.2) is 30.6 Å². The summed E-state index contributed by atoms with van der Waals surface area (Å²) in [6.45, 7) is 3.04. The van der Waals surface area contributed by atoms with E-state index in [1.807, 2.05) is 24.3 Å². The molecule has 0 bridgehead atoms. The van der Waals surface area contributed by atoms with E-state index in [-0.39, 0.29) is 6.04 Å². The predicted molar refractivity (Wildman–Crippen MR) is 83.9 cm³/mol. The van der Waals surface area contributed by atoms with Crippen molar-refractivity contribution < 1.29 is 19.1 Å². The van der Waals surface area contributed by atoms with Crippen LogP contribution in [0.3, 0.4) is 0 Å². The highest BCUT2D eigenvalue weighted by Crippen LogP contribution is 2.25. The van der Waals surface area contributed by atoms with Crippen LogP contribution in [0.25, 0.3) is 10.1 Å². The Morgan fingerprint density at radius 2 is 1.95 bits per heavy atom. The van der Waals surface area contributed by atoms with E-state index in [1.54, 1.807) is 19.9 Å². The molecule has 0 aliphatic heterocycles. The maximum absolute atomic E-state index is 11.9. The molecule has 7 heteroatoms. The molecule has 1 heterocycles. The van der Waals surface area contributed by atoms with Gasteiger partial charge in [0, 0.05) is 10.7 Å². The third-order valence-corrected chi connectivity index (χ3v) is 3.73. The first-order valence-corrected chi connectivity index (χ1v) is 7.53. The van der Waals surface area contributed by atoms with Crippen LogP contribution in [-0.2, 0) is 9.53 Å². The van der Waals surface area contributed by atoms with Crippen LogP contribution >= 0.6 is 11.3 Å². The Hall–Kier alpha value is -2.41. The summed E-state index contributed by atoms with van der Waals surface area (Å²) in [4.78, 5) is 35.1. The van der Waals surface area contributed by atoms with Crippen molar-refractivity contribution in [2.24, 2.45) is 0 Å². The minimum absolute atomic E-state index is 0.0890. The van der Waals surface area contributed by atoms with Crippen molar-refractivity contribution in [3.63, 3.8) is 0 Å². The topological polar surface area (TPSA) is 84.5 Å². The number of rotatable bonds is 4. The van der Waals surface area contributed by atoms with E-state index in [9.17, 15) is 14.4 Å². The van der Waals surface area contributed by atoms with E-state index in [4.69, 9.17) is 4.74 Å². The molecule has 0 fully saturated rings. The fraction of sp³-hybridized carbons (Fsp3) is 0.267. The Labute approximate surface area is 131 Å². The maximum Gasteiger partial charge on any atom is 0.348 e. The number of hydrogen-bond donors (Lipinski definition) is 2. The number of carbonyl (C=O) groups excluding carboxylic acids is 3. The quantitative estimate of drug-likeness (QED) is 0.847. The molecule has 2 rings (SSSR count). The highest BCUT2D eigenvalue weighted by molar-refractivity contribution is 7.20. The number of fused-ring (bicyclic) bond motifs is 1. The monoisotopic (exact) mass is 320 g/mol. The molecule has 0 unspecified atom stereocenters. The Morgan fingerprint density at radius 1 is 1.23 bits per heavy atom. The number of imide groups is 1. The average Bonchev–Trinajstić information content (AvgIpc) is 2.87. The van der Waals surface area contributed by atoms with Crippen molar-refractivity contribution in [3.8, 4) is 0 Å². The first-order valence-electron chi connectivity index (χ1n) is 6.72. The van der Waals surface area contributed by atoms with Gasteiger partial charge in [-0.2, -0.15) is 0 Å². The van der Waals surface area contributed by atoms with Crippen molar-refractivity contribution in [2.75, 3.05) is 6.61 Å². The van der Waals surface area contributed by atoms with E-state index in [1.165, 1.54) is 11.3 Å². The standard InChI is InChI=1S/C15H16N2O4S/c1-9(2)16-15(20)17-13(18)8-21-14(19)12-7-10-5-3-4-6-11(10)22-12/h3-7,9H,8H2,1-2H3,(H2,16,17,18,20). The first kappa shape index (κ1) is 16.0. The Balaban J connectivity index is 1.87. The molecule has 0 radical (unpaired) electrons. The van der Waals surface area contributed by atoms with Crippen LogP contribution in [0.2, 0.25) is 0 Å². The van der Waals surface area contributed by atoms with Gasteiger partial charge in [-0.3, -0.25) is 10.1 Å². The van der Waals surface area contributed by atoms with Crippen LogP contribution in [0.15, 0.2) is 30.3 Å². The van der Waals surface area contributed by atoms with Crippen molar-refractivity contribution in [1.82, 2.24) is 10.6 Å². The van der Waals surface area contributed by atoms with Crippen LogP contribution in [0.4, 0.5) is 4.79 Å². The van der Waals surface area contributed by atoms with Gasteiger partial charge in [0.05, 0.1) is 0 Å². The van der Waals surface area contributed by atoms with Gasteiger partial charge in [0.1, 0.15) is 4.88 Å².